The Bertz CT molecular complexity index is 526. The lowest BCUT2D eigenvalue weighted by Gasteiger charge is -2.16. The number of carbonyl (C=O) groups is 3. The Kier molecular flexibility index (Phi) is 5.69. The van der Waals surface area contributed by atoms with Crippen molar-refractivity contribution in [1.29, 1.82) is 0 Å². The van der Waals surface area contributed by atoms with E-state index < -0.39 is 0 Å². The number of rotatable bonds is 7. The number of carbonyl (C=O) groups excluding carboxylic acids is 3. The molecule has 0 radical (unpaired) electrons. The van der Waals surface area contributed by atoms with Crippen LogP contribution in [0.5, 0.6) is 0 Å². The van der Waals surface area contributed by atoms with E-state index in [1.54, 1.807) is 0 Å². The number of hydrogen-bond acceptors (Lipinski definition) is 3. The second-order valence-electron chi connectivity index (χ2n) is 5.68. The normalized spacial score (nSPS) is 16.0. The third kappa shape index (κ3) is 4.69. The molecule has 1 N–H and O–H groups in total. The highest BCUT2D eigenvalue weighted by Gasteiger charge is 2.28. The van der Waals surface area contributed by atoms with Gasteiger partial charge in [-0.3, -0.25) is 19.3 Å². The molecule has 1 atom stereocenters. The fraction of sp³-hybridized carbons (Fsp3) is 0.471. The first-order chi connectivity index (χ1) is 10.6. The topological polar surface area (TPSA) is 66.5 Å². The van der Waals surface area contributed by atoms with Crippen LogP contribution in [0.3, 0.4) is 0 Å². The number of imide groups is 1. The smallest absolute Gasteiger partial charge is 0.229 e. The summed E-state index contributed by atoms with van der Waals surface area (Å²) in [5.41, 5.74) is 1.25. The molecule has 0 bridgehead atoms. The van der Waals surface area contributed by atoms with Gasteiger partial charge < -0.3 is 5.32 Å². The van der Waals surface area contributed by atoms with Crippen LogP contribution in [-0.2, 0) is 20.8 Å². The monoisotopic (exact) mass is 302 g/mol. The zero-order valence-corrected chi connectivity index (χ0v) is 12.9. The van der Waals surface area contributed by atoms with Crippen LogP contribution in [0.25, 0.3) is 0 Å². The Labute approximate surface area is 130 Å². The molecule has 3 amide bonds. The Hall–Kier alpha value is -2.17. The van der Waals surface area contributed by atoms with Crippen LogP contribution in [0.15, 0.2) is 30.3 Å². The molecule has 1 fully saturated rings. The number of nitrogens with one attached hydrogen (secondary N) is 1. The fourth-order valence-electron chi connectivity index (χ4n) is 2.53. The quantitative estimate of drug-likeness (QED) is 0.779. The molecule has 1 aromatic carbocycles. The van der Waals surface area contributed by atoms with Crippen molar-refractivity contribution < 1.29 is 14.4 Å². The van der Waals surface area contributed by atoms with Crippen LogP contribution < -0.4 is 5.32 Å². The molecule has 1 heterocycles. The molecular weight excluding hydrogens is 280 g/mol. The molecule has 118 valence electrons. The van der Waals surface area contributed by atoms with Crippen LogP contribution in [0.4, 0.5) is 0 Å². The van der Waals surface area contributed by atoms with Crippen molar-refractivity contribution in [2.24, 2.45) is 0 Å². The number of nitrogens with zero attached hydrogens (tertiary/aromatic N) is 1. The van der Waals surface area contributed by atoms with Crippen molar-refractivity contribution in [3.05, 3.63) is 35.9 Å². The average Bonchev–Trinajstić information content (AvgIpc) is 2.83. The van der Waals surface area contributed by atoms with E-state index in [4.69, 9.17) is 0 Å². The Balaban J connectivity index is 1.68. The van der Waals surface area contributed by atoms with Gasteiger partial charge in [0.15, 0.2) is 0 Å². The lowest BCUT2D eigenvalue weighted by Crippen LogP contribution is -2.37. The van der Waals surface area contributed by atoms with E-state index in [1.807, 2.05) is 25.1 Å². The van der Waals surface area contributed by atoms with Crippen LogP contribution in [-0.4, -0.2) is 35.2 Å². The highest BCUT2D eigenvalue weighted by molar-refractivity contribution is 6.02. The van der Waals surface area contributed by atoms with Crippen LogP contribution >= 0.6 is 0 Å². The number of aryl methyl sites for hydroxylation is 1. The predicted molar refractivity (Wildman–Crippen MR) is 82.9 cm³/mol. The Morgan fingerprint density at radius 3 is 2.45 bits per heavy atom. The maximum atomic E-state index is 11.9. The molecule has 5 heteroatoms. The summed E-state index contributed by atoms with van der Waals surface area (Å²) in [6, 6.07) is 10.2. The minimum Gasteiger partial charge on any atom is -0.354 e. The maximum absolute atomic E-state index is 11.9. The molecule has 1 aliphatic rings. The number of amides is 3. The molecule has 1 aliphatic heterocycles. The van der Waals surface area contributed by atoms with Crippen molar-refractivity contribution in [1.82, 2.24) is 10.2 Å². The lowest BCUT2D eigenvalue weighted by atomic mass is 10.1. The molecule has 5 nitrogen and oxygen atoms in total. The van der Waals surface area contributed by atoms with Gasteiger partial charge in [0.25, 0.3) is 0 Å². The summed E-state index contributed by atoms with van der Waals surface area (Å²) in [4.78, 5) is 36.0. The van der Waals surface area contributed by atoms with Gasteiger partial charge in [0.1, 0.15) is 0 Å². The predicted octanol–water partition coefficient (Wildman–Crippen LogP) is 1.66. The van der Waals surface area contributed by atoms with E-state index in [0.29, 0.717) is 0 Å². The largest absolute Gasteiger partial charge is 0.354 e. The van der Waals surface area contributed by atoms with E-state index in [9.17, 15) is 14.4 Å². The molecule has 0 saturated carbocycles. The summed E-state index contributed by atoms with van der Waals surface area (Å²) >= 11 is 0. The molecule has 2 rings (SSSR count). The molecule has 1 saturated heterocycles. The number of likely N-dealkylation sites (tertiary alicyclic amines) is 1. The summed E-state index contributed by atoms with van der Waals surface area (Å²) in [6.45, 7) is 2.15. The van der Waals surface area contributed by atoms with Gasteiger partial charge >= 0.3 is 0 Å². The third-order valence-corrected chi connectivity index (χ3v) is 3.83. The summed E-state index contributed by atoms with van der Waals surface area (Å²) in [6.07, 6.45) is 2.48. The van der Waals surface area contributed by atoms with E-state index >= 15 is 0 Å². The molecular formula is C17H22N2O3. The molecule has 0 unspecified atom stereocenters. The highest BCUT2D eigenvalue weighted by atomic mass is 16.2. The minimum absolute atomic E-state index is 0.0673. The van der Waals surface area contributed by atoms with E-state index in [0.717, 1.165) is 12.8 Å². The second-order valence-corrected chi connectivity index (χ2v) is 5.68. The Morgan fingerprint density at radius 2 is 1.82 bits per heavy atom. The van der Waals surface area contributed by atoms with Crippen LogP contribution in [0.1, 0.15) is 38.2 Å². The van der Waals surface area contributed by atoms with E-state index in [-0.39, 0.29) is 49.6 Å². The number of hydrogen-bond donors (Lipinski definition) is 1. The molecule has 22 heavy (non-hydrogen) atoms. The van der Waals surface area contributed by atoms with Gasteiger partial charge in [-0.1, -0.05) is 30.3 Å². The molecule has 0 spiro atoms. The fourth-order valence-corrected chi connectivity index (χ4v) is 2.53. The zero-order valence-electron chi connectivity index (χ0n) is 12.9. The molecule has 0 aliphatic carbocycles. The third-order valence-electron chi connectivity index (χ3n) is 3.83. The van der Waals surface area contributed by atoms with Gasteiger partial charge in [-0.15, -0.1) is 0 Å². The first kappa shape index (κ1) is 16.2. The lowest BCUT2D eigenvalue weighted by molar-refractivity contribution is -0.138. The molecule has 0 aromatic heterocycles. The van der Waals surface area contributed by atoms with Crippen LogP contribution in [0.2, 0.25) is 0 Å². The summed E-state index contributed by atoms with van der Waals surface area (Å²) < 4.78 is 0. The van der Waals surface area contributed by atoms with E-state index in [2.05, 4.69) is 17.4 Å². The summed E-state index contributed by atoms with van der Waals surface area (Å²) in [5, 5.41) is 2.92. The average molecular weight is 302 g/mol. The second kappa shape index (κ2) is 7.73. The van der Waals surface area contributed by atoms with Crippen molar-refractivity contribution in [3.63, 3.8) is 0 Å². The first-order valence-corrected chi connectivity index (χ1v) is 7.72. The Morgan fingerprint density at radius 1 is 1.18 bits per heavy atom. The van der Waals surface area contributed by atoms with Gasteiger partial charge in [0.2, 0.25) is 17.7 Å². The zero-order chi connectivity index (χ0) is 15.9. The SMILES string of the molecule is C[C@@H](CCc1ccccc1)NC(=O)CCN1C(=O)CCC1=O. The first-order valence-electron chi connectivity index (χ1n) is 7.72. The van der Waals surface area contributed by atoms with E-state index in [1.165, 1.54) is 10.5 Å². The van der Waals surface area contributed by atoms with Gasteiger partial charge in [-0.25, -0.2) is 0 Å². The van der Waals surface area contributed by atoms with Crippen molar-refractivity contribution in [2.75, 3.05) is 6.54 Å². The summed E-state index contributed by atoms with van der Waals surface area (Å²) in [7, 11) is 0. The van der Waals surface area contributed by atoms with Crippen molar-refractivity contribution in [2.45, 2.75) is 45.1 Å². The number of benzene rings is 1. The van der Waals surface area contributed by atoms with Crippen molar-refractivity contribution in [3.8, 4) is 0 Å². The van der Waals surface area contributed by atoms with Crippen molar-refractivity contribution >= 4 is 17.7 Å². The van der Waals surface area contributed by atoms with Gasteiger partial charge in [0, 0.05) is 31.8 Å². The standard InChI is InChI=1S/C17H22N2O3/c1-13(7-8-14-5-3-2-4-6-14)18-15(20)11-12-19-16(21)9-10-17(19)22/h2-6,13H,7-12H2,1H3,(H,18,20)/t13-/m0/s1. The molecule has 1 aromatic rings. The van der Waals surface area contributed by atoms with Gasteiger partial charge in [-0.05, 0) is 25.3 Å². The van der Waals surface area contributed by atoms with Crippen LogP contribution in [0, 0.1) is 0 Å². The van der Waals surface area contributed by atoms with Gasteiger partial charge in [0.05, 0.1) is 0 Å². The minimum atomic E-state index is -0.171. The van der Waals surface area contributed by atoms with Gasteiger partial charge in [-0.2, -0.15) is 0 Å². The highest BCUT2D eigenvalue weighted by Crippen LogP contribution is 2.12. The maximum Gasteiger partial charge on any atom is 0.229 e. The summed E-state index contributed by atoms with van der Waals surface area (Å²) in [5.74, 6) is -0.460.